The predicted octanol–water partition coefficient (Wildman–Crippen LogP) is 4.29. The maximum absolute atomic E-state index is 12.5. The number of carbonyl (C=O) groups is 1. The van der Waals surface area contributed by atoms with Crippen LogP contribution in [0.5, 0.6) is 11.5 Å². The lowest BCUT2D eigenvalue weighted by Gasteiger charge is -2.29. The van der Waals surface area contributed by atoms with Crippen molar-refractivity contribution in [3.05, 3.63) is 59.1 Å². The zero-order valence-corrected chi connectivity index (χ0v) is 17.8. The van der Waals surface area contributed by atoms with E-state index in [0.29, 0.717) is 23.7 Å². The van der Waals surface area contributed by atoms with E-state index in [2.05, 4.69) is 17.3 Å². The van der Waals surface area contributed by atoms with Gasteiger partial charge in [0, 0.05) is 19.6 Å². The Balaban J connectivity index is 1.48. The van der Waals surface area contributed by atoms with Gasteiger partial charge in [-0.1, -0.05) is 42.8 Å². The van der Waals surface area contributed by atoms with Gasteiger partial charge in [0.25, 0.3) is 5.91 Å². The average Bonchev–Trinajstić information content (AvgIpc) is 2.74. The van der Waals surface area contributed by atoms with Crippen molar-refractivity contribution in [2.45, 2.75) is 44.9 Å². The molecule has 6 heteroatoms. The molecule has 0 saturated carbocycles. The molecule has 1 aliphatic heterocycles. The second kappa shape index (κ2) is 10.5. The minimum absolute atomic E-state index is 0.154. The van der Waals surface area contributed by atoms with Gasteiger partial charge in [0.1, 0.15) is 17.6 Å². The first-order chi connectivity index (χ1) is 14.0. The van der Waals surface area contributed by atoms with E-state index in [1.54, 1.807) is 12.1 Å². The molecule has 0 aromatic heterocycles. The summed E-state index contributed by atoms with van der Waals surface area (Å²) in [6.45, 7) is 4.50. The van der Waals surface area contributed by atoms with Crippen molar-refractivity contribution in [3.8, 4) is 11.5 Å². The summed E-state index contributed by atoms with van der Waals surface area (Å²) in [6, 6.07) is 15.1. The third kappa shape index (κ3) is 6.38. The second-order valence-electron chi connectivity index (χ2n) is 7.43. The molecule has 2 aromatic rings. The number of ether oxygens (including phenoxy) is 2. The van der Waals surface area contributed by atoms with Gasteiger partial charge in [-0.15, -0.1) is 0 Å². The van der Waals surface area contributed by atoms with E-state index in [1.807, 2.05) is 43.3 Å². The number of nitrogens with zero attached hydrogens (tertiary/aromatic N) is 1. The number of amides is 1. The van der Waals surface area contributed by atoms with E-state index in [1.165, 1.54) is 0 Å². The molecule has 0 bridgehead atoms. The largest absolute Gasteiger partial charge is 0.490 e. The van der Waals surface area contributed by atoms with E-state index >= 15 is 0 Å². The van der Waals surface area contributed by atoms with Gasteiger partial charge in [-0.2, -0.15) is 0 Å². The topological polar surface area (TPSA) is 50.8 Å². The van der Waals surface area contributed by atoms with Crippen LogP contribution in [0.4, 0.5) is 0 Å². The lowest BCUT2D eigenvalue weighted by molar-refractivity contribution is -0.128. The average molecular weight is 417 g/mol. The summed E-state index contributed by atoms with van der Waals surface area (Å²) in [6.07, 6.45) is 2.36. The van der Waals surface area contributed by atoms with Crippen LogP contribution < -0.4 is 14.8 Å². The first kappa shape index (κ1) is 21.5. The first-order valence-electron chi connectivity index (χ1n) is 10.2. The molecule has 1 aliphatic rings. The number of hydrogen-bond acceptors (Lipinski definition) is 4. The lowest BCUT2D eigenvalue weighted by Crippen LogP contribution is -2.37. The summed E-state index contributed by atoms with van der Waals surface area (Å²) in [7, 11) is 2.14. The number of rotatable bonds is 8. The van der Waals surface area contributed by atoms with Crippen molar-refractivity contribution in [2.24, 2.45) is 0 Å². The van der Waals surface area contributed by atoms with Gasteiger partial charge in [-0.05, 0) is 56.1 Å². The van der Waals surface area contributed by atoms with Gasteiger partial charge < -0.3 is 19.7 Å². The van der Waals surface area contributed by atoms with Crippen LogP contribution in [-0.2, 0) is 11.3 Å². The summed E-state index contributed by atoms with van der Waals surface area (Å²) in [5.41, 5.74) is 1.02. The molecule has 1 N–H and O–H groups in total. The van der Waals surface area contributed by atoms with E-state index in [-0.39, 0.29) is 12.0 Å². The Morgan fingerprint density at radius 1 is 1.17 bits per heavy atom. The molecule has 29 heavy (non-hydrogen) atoms. The molecule has 1 heterocycles. The normalized spacial score (nSPS) is 16.2. The molecule has 0 aliphatic carbocycles. The van der Waals surface area contributed by atoms with Crippen molar-refractivity contribution >= 4 is 17.5 Å². The van der Waals surface area contributed by atoms with Crippen LogP contribution in [0.15, 0.2) is 48.5 Å². The summed E-state index contributed by atoms with van der Waals surface area (Å²) >= 11 is 6.12. The molecule has 1 saturated heterocycles. The molecule has 1 amide bonds. The van der Waals surface area contributed by atoms with Crippen molar-refractivity contribution in [2.75, 3.05) is 20.1 Å². The van der Waals surface area contributed by atoms with Crippen molar-refractivity contribution in [3.63, 3.8) is 0 Å². The third-order valence-corrected chi connectivity index (χ3v) is 5.44. The fraction of sp³-hybridized carbons (Fsp3) is 0.435. The highest BCUT2D eigenvalue weighted by Crippen LogP contribution is 2.25. The fourth-order valence-corrected chi connectivity index (χ4v) is 3.48. The van der Waals surface area contributed by atoms with Gasteiger partial charge in [-0.3, -0.25) is 4.79 Å². The summed E-state index contributed by atoms with van der Waals surface area (Å²) < 4.78 is 11.9. The Bertz CT molecular complexity index is 789. The maximum atomic E-state index is 12.5. The minimum atomic E-state index is -0.582. The van der Waals surface area contributed by atoms with E-state index in [0.717, 1.165) is 37.2 Å². The van der Waals surface area contributed by atoms with E-state index in [4.69, 9.17) is 21.1 Å². The van der Waals surface area contributed by atoms with Gasteiger partial charge in [0.15, 0.2) is 6.10 Å². The number of piperidine rings is 1. The Morgan fingerprint density at radius 3 is 2.52 bits per heavy atom. The number of benzene rings is 2. The number of hydrogen-bond donors (Lipinski definition) is 1. The third-order valence-electron chi connectivity index (χ3n) is 5.13. The maximum Gasteiger partial charge on any atom is 0.261 e. The Labute approximate surface area is 177 Å². The Morgan fingerprint density at radius 2 is 1.86 bits per heavy atom. The first-order valence-corrected chi connectivity index (χ1v) is 10.6. The Kier molecular flexibility index (Phi) is 7.78. The van der Waals surface area contributed by atoms with Gasteiger partial charge in [0.2, 0.25) is 0 Å². The van der Waals surface area contributed by atoms with Crippen molar-refractivity contribution < 1.29 is 14.3 Å². The highest BCUT2D eigenvalue weighted by molar-refractivity contribution is 6.32. The molecule has 0 spiro atoms. The Hall–Kier alpha value is -2.24. The number of carbonyl (C=O) groups excluding carboxylic acids is 1. The highest BCUT2D eigenvalue weighted by atomic mass is 35.5. The second-order valence-corrected chi connectivity index (χ2v) is 7.83. The summed E-state index contributed by atoms with van der Waals surface area (Å²) in [5, 5.41) is 3.44. The minimum Gasteiger partial charge on any atom is -0.490 e. The van der Waals surface area contributed by atoms with Crippen molar-refractivity contribution in [1.82, 2.24) is 10.2 Å². The van der Waals surface area contributed by atoms with Crippen LogP contribution in [0.1, 0.15) is 31.7 Å². The lowest BCUT2D eigenvalue weighted by atomic mass is 10.1. The molecular formula is C23H29ClN2O3. The molecule has 1 fully saturated rings. The van der Waals surface area contributed by atoms with Crippen LogP contribution in [0, 0.1) is 0 Å². The van der Waals surface area contributed by atoms with Gasteiger partial charge in [-0.25, -0.2) is 0 Å². The molecule has 5 nitrogen and oxygen atoms in total. The molecule has 0 radical (unpaired) electrons. The monoisotopic (exact) mass is 416 g/mol. The molecule has 156 valence electrons. The van der Waals surface area contributed by atoms with Crippen LogP contribution in [-0.4, -0.2) is 43.2 Å². The van der Waals surface area contributed by atoms with E-state index in [9.17, 15) is 4.79 Å². The van der Waals surface area contributed by atoms with Crippen LogP contribution in [0.3, 0.4) is 0 Å². The van der Waals surface area contributed by atoms with Crippen LogP contribution in [0.25, 0.3) is 0 Å². The zero-order valence-electron chi connectivity index (χ0n) is 17.1. The smallest absolute Gasteiger partial charge is 0.261 e. The number of halogens is 1. The molecule has 3 rings (SSSR count). The molecule has 1 atom stereocenters. The quantitative estimate of drug-likeness (QED) is 0.697. The highest BCUT2D eigenvalue weighted by Gasteiger charge is 2.20. The van der Waals surface area contributed by atoms with Gasteiger partial charge >= 0.3 is 0 Å². The molecular weight excluding hydrogens is 388 g/mol. The number of para-hydroxylation sites is 1. The van der Waals surface area contributed by atoms with Crippen molar-refractivity contribution in [1.29, 1.82) is 0 Å². The number of likely N-dealkylation sites (tertiary alicyclic amines) is 1. The van der Waals surface area contributed by atoms with E-state index < -0.39 is 6.10 Å². The standard InChI is InChI=1S/C23H29ClN2O3/c1-3-21(29-22-7-5-4-6-20(22)24)23(27)25-16-17-8-10-18(11-9-17)28-19-12-14-26(2)15-13-19/h4-11,19,21H,3,12-16H2,1-2H3,(H,25,27). The van der Waals surface area contributed by atoms with Crippen LogP contribution >= 0.6 is 11.6 Å². The molecule has 2 aromatic carbocycles. The zero-order chi connectivity index (χ0) is 20.6. The van der Waals surface area contributed by atoms with Crippen LogP contribution in [0.2, 0.25) is 5.02 Å². The molecule has 1 unspecified atom stereocenters. The summed E-state index contributed by atoms with van der Waals surface area (Å²) in [5.74, 6) is 1.24. The summed E-state index contributed by atoms with van der Waals surface area (Å²) in [4.78, 5) is 14.8. The van der Waals surface area contributed by atoms with Gasteiger partial charge in [0.05, 0.1) is 5.02 Å². The SMILES string of the molecule is CCC(Oc1ccccc1Cl)C(=O)NCc1ccc(OC2CCN(C)CC2)cc1. The number of nitrogens with one attached hydrogen (secondary N) is 1. The predicted molar refractivity (Wildman–Crippen MR) is 116 cm³/mol. The fourth-order valence-electron chi connectivity index (χ4n) is 3.30.